The second kappa shape index (κ2) is 96.3. The molecule has 0 bridgehead atoms. The number of hydrogen-bond donors (Lipinski definition) is 4. The van der Waals surface area contributed by atoms with Crippen LogP contribution < -0.4 is 39.2 Å². The van der Waals surface area contributed by atoms with E-state index in [-0.39, 0.29) is 277 Å². The summed E-state index contributed by atoms with van der Waals surface area (Å²) in [4.78, 5) is 52.2. The monoisotopic (exact) mass is 2940 g/mol. The number of nitriles is 2. The summed E-state index contributed by atoms with van der Waals surface area (Å²) in [5.41, 5.74) is 3.52. The number of carbonyl (C=O) groups excluding carboxylic acids is 3. The fourth-order valence-corrected chi connectivity index (χ4v) is 19.0. The quantitative estimate of drug-likeness (QED) is 0.00592. The average Bonchev–Trinajstić information content (AvgIpc) is 0.798. The smallest absolute Gasteiger partial charge is 0.0619 e. The van der Waals surface area contributed by atoms with Gasteiger partial charge in [-0.25, -0.2) is 33.1 Å². The van der Waals surface area contributed by atoms with Gasteiger partial charge >= 0.3 is 57.7 Å². The summed E-state index contributed by atoms with van der Waals surface area (Å²) >= 11 is 4.18. The summed E-state index contributed by atoms with van der Waals surface area (Å²) in [5.74, 6) is 0. The topological polar surface area (TPSA) is 384 Å². The average molecular weight is 2950 g/mol. The molecule has 0 saturated heterocycles. The van der Waals surface area contributed by atoms with Crippen molar-refractivity contribution in [2.45, 2.75) is 154 Å². The molecule has 0 fully saturated rings. The zero-order valence-electron chi connectivity index (χ0n) is 73.5. The number of nitrogens with zero attached hydrogens (tertiary/aromatic N) is 6. The van der Waals surface area contributed by atoms with Crippen LogP contribution in [0, 0.1) is 48.3 Å². The standard InChI is InChI=1S/C22H23S.2C18H15S.C7H4ClNO2S.4C7H5NO3S.CH2NPS.CHO3.CO2.8CH4.6Ag.2BrH.ClH/c1-22(2,3)18-14-16-21(17-15-18)23(19-10-6-4-7-11-19)20-12-8-5-9-13-20;2*1-4-10-16(11-5-1)19(17-12-6-2-7-13-17)18-14-8-3-9-15-18;1-9-6-2-4-7(5-3-6)12(8,10)11;3*1-8-6-2-4-7(5-3-6)12(9,10)11;8-5-6-1-3-7(4-2-6)12-11-10-9;2*2-1-4-3;2-1-3;;;;;;;;;;;;;;;;;/h4-17H,1-3H3;2*1-15H;2-5H;3*2-5H,(H,9,10,11);1-4,9H;3H2;3H;;8*1H4;;;;;;;3*1H/q3*+1;;;;;;;-1;;;;;;;;;;;;;;2*+1;;;/p-4/i;;;;;;;;3T;;;;;;;;;;;;;;;;;;;. The van der Waals surface area contributed by atoms with Crippen LogP contribution in [0.4, 0.5) is 22.7 Å². The Morgan fingerprint density at radius 2 is 0.591 bits per heavy atom. The van der Waals surface area contributed by atoms with Crippen LogP contribution >= 0.6 is 51.7 Å². The Balaban J connectivity index is -0.000000127. The fourth-order valence-electron chi connectivity index (χ4n) is 10.2. The fraction of sp³-hybridized carbons (Fsp3) is 0.115. The molecule has 0 aliphatic carbocycles. The van der Waals surface area contributed by atoms with Gasteiger partial charge in [0.15, 0.2) is 66.8 Å². The second-order valence-corrected chi connectivity index (χ2v) is 40.5. The predicted molar refractivity (Wildman–Crippen MR) is 573 cm³/mol. The van der Waals surface area contributed by atoms with E-state index in [1.165, 1.54) is 147 Å². The van der Waals surface area contributed by atoms with Gasteiger partial charge in [0.2, 0.25) is 0 Å². The first-order chi connectivity index (χ1) is 64.7. The summed E-state index contributed by atoms with van der Waals surface area (Å²) in [6.45, 7) is 33.9. The largest absolute Gasteiger partial charge is 0.166 e. The molecule has 45 heteroatoms. The number of rotatable bonds is 18. The maximum atomic E-state index is 10.7. The zero-order valence-corrected chi connectivity index (χ0v) is 94.5. The van der Waals surface area contributed by atoms with Crippen LogP contribution in [0.2, 0.25) is 0 Å². The molecule has 149 heavy (non-hydrogen) atoms. The van der Waals surface area contributed by atoms with Gasteiger partial charge in [-0.15, -0.1) is 0 Å². The normalized spacial score (nSPS) is 9.23. The van der Waals surface area contributed by atoms with Gasteiger partial charge in [-0.1, -0.05) is 343 Å². The van der Waals surface area contributed by atoms with Gasteiger partial charge in [-0.2, -0.15) is 49.7 Å². The Bertz CT molecular complexity index is 5990. The van der Waals surface area contributed by atoms with E-state index >= 15 is 0 Å². The van der Waals surface area contributed by atoms with Gasteiger partial charge in [0.25, 0.3) is 39.4 Å². The van der Waals surface area contributed by atoms with Gasteiger partial charge in [-0.05, 0) is 162 Å². The van der Waals surface area contributed by atoms with Crippen LogP contribution in [0.25, 0.3) is 19.4 Å². The van der Waals surface area contributed by atoms with Crippen molar-refractivity contribution < 1.29 is 252 Å². The first kappa shape index (κ1) is 167. The minimum absolute atomic E-state index is 0. The van der Waals surface area contributed by atoms with Crippen molar-refractivity contribution in [3.05, 3.63) is 445 Å². The van der Waals surface area contributed by atoms with Gasteiger partial charge in [0.1, 0.15) is 5.40 Å². The Morgan fingerprint density at radius 1 is 0.396 bits per heavy atom. The first-order valence-corrected chi connectivity index (χ1v) is 52.4. The van der Waals surface area contributed by atoms with Crippen LogP contribution in [-0.4, -0.2) is 66.5 Å². The van der Waals surface area contributed by atoms with E-state index in [2.05, 4.69) is 351 Å². The molecular weight excluding hydrogens is 2830 g/mol. The molecule has 0 heterocycles. The maximum absolute atomic E-state index is 10.7. The van der Waals surface area contributed by atoms with Gasteiger partial charge in [0.05, 0.1) is 104 Å². The van der Waals surface area contributed by atoms with Crippen molar-refractivity contribution in [2.75, 3.05) is 0 Å². The molecule has 0 aliphatic rings. The number of benzene rings is 14. The van der Waals surface area contributed by atoms with E-state index in [0.29, 0.717) is 33.2 Å². The van der Waals surface area contributed by atoms with Crippen molar-refractivity contribution in [1.82, 2.24) is 0 Å². The minimum atomic E-state index is -4.13. The molecule has 1 atom stereocenters. The molecular formula is C104H111Ag6Br2Cl2N6O19PS9. The molecule has 14 aromatic rings. The Hall–Kier alpha value is -7.45. The SMILES string of the molecule is C.C.C.C.C.C.C.C.CC(C)(C)c1ccc([S+](c2ccccc2)c2ccccc2)cc1.N#Cc1ccc(SOO[O-])cc1.O=C=O.O=[C-]OO.[3H]PSC#N.[Ag+].[Ag].[Ag].[Ag].[Ag].[Br-].[Br-].[C-]#[N+]c1ccc(S(=O)(=O)Cl)cc1.[C-]#[N+]c1ccc(S(=O)(=O)O)cc1.[C-]#[N+]c1ccc(S(=O)(=O)O)cc1.[C-]#[N+]c1ccc(S(=O)(=O)O)cc1.[Cl][Ag].c1ccc([S+](c2ccccc2)c2ccccc2)cc1.c1ccc([S+](c2ccccc2)c2ccccc2)cc1. The number of halogens is 4. The van der Waals surface area contributed by atoms with E-state index in [1.54, 1.807) is 29.7 Å². The maximum Gasteiger partial charge on any atom is 0.166 e. The van der Waals surface area contributed by atoms with Crippen LogP contribution in [0.1, 0.15) is 91.3 Å². The third-order valence-corrected chi connectivity index (χ3v) is 27.7. The molecule has 14 aromatic carbocycles. The van der Waals surface area contributed by atoms with Crippen molar-refractivity contribution in [3.8, 4) is 11.5 Å². The van der Waals surface area contributed by atoms with E-state index < -0.39 is 39.4 Å². The Labute approximate surface area is 1020 Å². The molecule has 0 aromatic heterocycles. The molecule has 0 amide bonds. The summed E-state index contributed by atoms with van der Waals surface area (Å²) in [6.07, 6.45) is 0.250. The van der Waals surface area contributed by atoms with E-state index in [9.17, 15) is 38.9 Å². The molecule has 4 N–H and O–H groups in total. The number of thiocyanates is 1. The van der Waals surface area contributed by atoms with Gasteiger partial charge in [-0.3, -0.25) is 18.7 Å². The van der Waals surface area contributed by atoms with Gasteiger partial charge < -0.3 is 48.9 Å². The first-order valence-electron chi connectivity index (χ1n) is 37.9. The Kier molecular flexibility index (Phi) is 108. The summed E-state index contributed by atoms with van der Waals surface area (Å²) < 4.78 is 121. The molecule has 14 rings (SSSR count). The zero-order chi connectivity index (χ0) is 99.9. The molecule has 4 radical (unpaired) electrons. The third-order valence-electron chi connectivity index (χ3n) is 16.1. The second-order valence-electron chi connectivity index (χ2n) is 25.8. The van der Waals surface area contributed by atoms with E-state index in [1.807, 2.05) is 6.07 Å². The molecule has 824 valence electrons. The molecule has 0 saturated carbocycles. The molecule has 0 aliphatic heterocycles. The van der Waals surface area contributed by atoms with Crippen LogP contribution in [0.15, 0.2) is 457 Å². The van der Waals surface area contributed by atoms with Crippen molar-refractivity contribution in [1.29, 1.82) is 11.8 Å². The molecule has 1 unspecified atom stereocenters. The van der Waals surface area contributed by atoms with E-state index in [0.717, 1.165) is 29.9 Å². The minimum Gasteiger partial charge on any atom is -0.0619 e. The predicted octanol–water partition coefficient (Wildman–Crippen LogP) is 22.8. The molecule has 0 spiro atoms. The van der Waals surface area contributed by atoms with Crippen molar-refractivity contribution >= 4 is 159 Å². The summed E-state index contributed by atoms with van der Waals surface area (Å²) in [6, 6.07) is 124. The number of hydrogen-bond acceptors (Lipinski definition) is 20. The van der Waals surface area contributed by atoms with Crippen molar-refractivity contribution in [2.24, 2.45) is 0 Å². The van der Waals surface area contributed by atoms with E-state index in [4.69, 9.17) is 82.1 Å². The van der Waals surface area contributed by atoms with Crippen LogP contribution in [0.3, 0.4) is 0 Å². The van der Waals surface area contributed by atoms with Crippen LogP contribution in [0.5, 0.6) is 0 Å². The van der Waals surface area contributed by atoms with Gasteiger partial charge in [0, 0.05) is 105 Å². The Morgan fingerprint density at radius 3 is 0.732 bits per heavy atom. The van der Waals surface area contributed by atoms with Crippen LogP contribution in [-0.2, 0) is 238 Å². The molecule has 25 nitrogen and oxygen atoms in total. The third kappa shape index (κ3) is 68.4. The van der Waals surface area contributed by atoms with Crippen molar-refractivity contribution in [3.63, 3.8) is 0 Å². The summed E-state index contributed by atoms with van der Waals surface area (Å²) in [5, 5.41) is 37.4. The summed E-state index contributed by atoms with van der Waals surface area (Å²) in [7, 11) is -6.67.